The molecule has 0 bridgehead atoms. The Morgan fingerprint density at radius 1 is 1.38 bits per heavy atom. The Hall–Kier alpha value is -0.580. The fraction of sp³-hybridized carbons (Fsp3) is 0.647. The van der Waals surface area contributed by atoms with Gasteiger partial charge >= 0.3 is 0 Å². The Morgan fingerprint density at radius 3 is 2.76 bits per heavy atom. The summed E-state index contributed by atoms with van der Waals surface area (Å²) in [5, 5.41) is 3.70. The number of hydrogen-bond donors (Lipinski definition) is 1. The zero-order chi connectivity index (χ0) is 15.1. The largest absolute Gasteiger partial charge is 0.496 e. The zero-order valence-electron chi connectivity index (χ0n) is 13.0. The second-order valence-corrected chi connectivity index (χ2v) is 6.55. The lowest BCUT2D eigenvalue weighted by atomic mass is 9.89. The Morgan fingerprint density at radius 2 is 2.14 bits per heavy atom. The lowest BCUT2D eigenvalue weighted by Crippen LogP contribution is -2.27. The van der Waals surface area contributed by atoms with Crippen molar-refractivity contribution in [3.05, 3.63) is 28.2 Å². The van der Waals surface area contributed by atoms with E-state index >= 15 is 0 Å². The van der Waals surface area contributed by atoms with E-state index in [-0.39, 0.29) is 0 Å². The van der Waals surface area contributed by atoms with Crippen LogP contribution in [0.4, 0.5) is 0 Å². The van der Waals surface area contributed by atoms with Gasteiger partial charge in [0.1, 0.15) is 5.75 Å². The summed E-state index contributed by atoms with van der Waals surface area (Å²) in [5.74, 6) is 1.65. The average molecular weight is 356 g/mol. The number of halogens is 1. The highest BCUT2D eigenvalue weighted by Gasteiger charge is 2.20. The molecule has 0 amide bonds. The maximum atomic E-state index is 5.47. The number of nitrogens with one attached hydrogen (secondary N) is 1. The standard InChI is InChI=1S/C17H26BrNO2/c1-3-8-19-16(11-13-6-9-21-10-7-13)14-4-5-17(20-2)15(18)12-14/h4-5,12-13,16,19H,3,6-11H2,1-2H3. The molecule has 4 heteroatoms. The van der Waals surface area contributed by atoms with E-state index in [4.69, 9.17) is 9.47 Å². The van der Waals surface area contributed by atoms with E-state index in [1.165, 1.54) is 24.8 Å². The van der Waals surface area contributed by atoms with Gasteiger partial charge in [0.05, 0.1) is 11.6 Å². The molecule has 0 spiro atoms. The number of rotatable bonds is 7. The Kier molecular flexibility index (Phi) is 7.00. The van der Waals surface area contributed by atoms with Gasteiger partial charge in [-0.05, 0) is 71.8 Å². The van der Waals surface area contributed by atoms with Gasteiger partial charge in [-0.2, -0.15) is 0 Å². The molecule has 118 valence electrons. The molecule has 0 aromatic heterocycles. The van der Waals surface area contributed by atoms with E-state index in [9.17, 15) is 0 Å². The number of methoxy groups -OCH3 is 1. The summed E-state index contributed by atoms with van der Waals surface area (Å²) in [7, 11) is 1.70. The summed E-state index contributed by atoms with van der Waals surface area (Å²) in [5.41, 5.74) is 1.34. The molecule has 3 nitrogen and oxygen atoms in total. The van der Waals surface area contributed by atoms with E-state index in [0.29, 0.717) is 6.04 Å². The molecule has 1 N–H and O–H groups in total. The van der Waals surface area contributed by atoms with Crippen molar-refractivity contribution in [2.24, 2.45) is 5.92 Å². The van der Waals surface area contributed by atoms with Crippen LogP contribution >= 0.6 is 15.9 Å². The van der Waals surface area contributed by atoms with E-state index in [2.05, 4.69) is 40.3 Å². The maximum Gasteiger partial charge on any atom is 0.133 e. The normalized spacial score (nSPS) is 17.7. The van der Waals surface area contributed by atoms with Crippen LogP contribution in [0.5, 0.6) is 5.75 Å². The van der Waals surface area contributed by atoms with Gasteiger partial charge in [0, 0.05) is 19.3 Å². The molecule has 0 radical (unpaired) electrons. The van der Waals surface area contributed by atoms with Gasteiger partial charge in [0.2, 0.25) is 0 Å². The molecule has 21 heavy (non-hydrogen) atoms. The van der Waals surface area contributed by atoms with E-state index in [0.717, 1.165) is 42.3 Å². The van der Waals surface area contributed by atoms with Gasteiger partial charge in [0.15, 0.2) is 0 Å². The van der Waals surface area contributed by atoms with Crippen molar-refractivity contribution in [1.29, 1.82) is 0 Å². The highest BCUT2D eigenvalue weighted by atomic mass is 79.9. The second-order valence-electron chi connectivity index (χ2n) is 5.69. The third-order valence-electron chi connectivity index (χ3n) is 4.13. The van der Waals surface area contributed by atoms with Gasteiger partial charge in [-0.3, -0.25) is 0 Å². The molecule has 1 atom stereocenters. The molecule has 0 aliphatic carbocycles. The van der Waals surface area contributed by atoms with E-state index < -0.39 is 0 Å². The van der Waals surface area contributed by atoms with Crippen LogP contribution in [0.3, 0.4) is 0 Å². The van der Waals surface area contributed by atoms with Crippen molar-refractivity contribution in [2.45, 2.75) is 38.6 Å². The number of hydrogen-bond acceptors (Lipinski definition) is 3. The summed E-state index contributed by atoms with van der Waals surface area (Å²) >= 11 is 3.60. The fourth-order valence-electron chi connectivity index (χ4n) is 2.87. The van der Waals surface area contributed by atoms with Crippen LogP contribution in [0.25, 0.3) is 0 Å². The Labute approximate surface area is 136 Å². The molecule has 0 saturated carbocycles. The first-order chi connectivity index (χ1) is 10.2. The molecule has 1 aliphatic heterocycles. The lowest BCUT2D eigenvalue weighted by molar-refractivity contribution is 0.0605. The van der Waals surface area contributed by atoms with E-state index in [1.54, 1.807) is 7.11 Å². The Balaban J connectivity index is 2.08. The van der Waals surface area contributed by atoms with Gasteiger partial charge in [0.25, 0.3) is 0 Å². The third-order valence-corrected chi connectivity index (χ3v) is 4.75. The molecule has 2 rings (SSSR count). The second kappa shape index (κ2) is 8.76. The molecular formula is C17H26BrNO2. The highest BCUT2D eigenvalue weighted by Crippen LogP contribution is 2.32. The molecule has 1 aromatic rings. The molecule has 1 aromatic carbocycles. The third kappa shape index (κ3) is 4.97. The van der Waals surface area contributed by atoms with Crippen LogP contribution < -0.4 is 10.1 Å². The monoisotopic (exact) mass is 355 g/mol. The fourth-order valence-corrected chi connectivity index (χ4v) is 3.43. The van der Waals surface area contributed by atoms with Crippen LogP contribution in [0.15, 0.2) is 22.7 Å². The summed E-state index contributed by atoms with van der Waals surface area (Å²) in [6.07, 6.45) is 4.70. The van der Waals surface area contributed by atoms with Crippen LogP contribution in [0, 0.1) is 5.92 Å². The minimum Gasteiger partial charge on any atom is -0.496 e. The van der Waals surface area contributed by atoms with Gasteiger partial charge in [-0.15, -0.1) is 0 Å². The first-order valence-electron chi connectivity index (χ1n) is 7.89. The molecule has 1 unspecified atom stereocenters. The van der Waals surface area contributed by atoms with Crippen molar-refractivity contribution in [1.82, 2.24) is 5.32 Å². The minimum atomic E-state index is 0.412. The predicted molar refractivity (Wildman–Crippen MR) is 89.9 cm³/mol. The van der Waals surface area contributed by atoms with Crippen molar-refractivity contribution in [3.8, 4) is 5.75 Å². The lowest BCUT2D eigenvalue weighted by Gasteiger charge is -2.28. The maximum absolute atomic E-state index is 5.47. The molecule has 1 aliphatic rings. The molecular weight excluding hydrogens is 330 g/mol. The van der Waals surface area contributed by atoms with Crippen LogP contribution in [0.2, 0.25) is 0 Å². The van der Waals surface area contributed by atoms with Gasteiger partial charge in [-0.25, -0.2) is 0 Å². The average Bonchev–Trinajstić information content (AvgIpc) is 2.52. The van der Waals surface area contributed by atoms with Crippen LogP contribution in [-0.2, 0) is 4.74 Å². The van der Waals surface area contributed by atoms with Crippen molar-refractivity contribution in [3.63, 3.8) is 0 Å². The van der Waals surface area contributed by atoms with Crippen molar-refractivity contribution >= 4 is 15.9 Å². The van der Waals surface area contributed by atoms with Crippen LogP contribution in [-0.4, -0.2) is 26.9 Å². The highest BCUT2D eigenvalue weighted by molar-refractivity contribution is 9.10. The smallest absolute Gasteiger partial charge is 0.133 e. The predicted octanol–water partition coefficient (Wildman–Crippen LogP) is 4.32. The summed E-state index contributed by atoms with van der Waals surface area (Å²) in [6, 6.07) is 6.82. The quantitative estimate of drug-likeness (QED) is 0.790. The number of ether oxygens (including phenoxy) is 2. The number of benzene rings is 1. The summed E-state index contributed by atoms with van der Waals surface area (Å²) < 4.78 is 11.8. The van der Waals surface area contributed by atoms with Gasteiger partial charge < -0.3 is 14.8 Å². The van der Waals surface area contributed by atoms with Crippen molar-refractivity contribution in [2.75, 3.05) is 26.9 Å². The van der Waals surface area contributed by atoms with Crippen molar-refractivity contribution < 1.29 is 9.47 Å². The first-order valence-corrected chi connectivity index (χ1v) is 8.68. The topological polar surface area (TPSA) is 30.5 Å². The molecule has 1 heterocycles. The molecule has 1 fully saturated rings. The Bertz CT molecular complexity index is 433. The molecule has 1 saturated heterocycles. The minimum absolute atomic E-state index is 0.412. The summed E-state index contributed by atoms with van der Waals surface area (Å²) in [6.45, 7) is 5.09. The van der Waals surface area contributed by atoms with Crippen LogP contribution in [0.1, 0.15) is 44.2 Å². The van der Waals surface area contributed by atoms with Gasteiger partial charge in [-0.1, -0.05) is 13.0 Å². The summed E-state index contributed by atoms with van der Waals surface area (Å²) in [4.78, 5) is 0. The SMILES string of the molecule is CCCNC(CC1CCOCC1)c1ccc(OC)c(Br)c1. The first kappa shape index (κ1) is 16.8. The zero-order valence-corrected chi connectivity index (χ0v) is 14.6. The van der Waals surface area contributed by atoms with E-state index in [1.807, 2.05) is 6.07 Å².